The van der Waals surface area contributed by atoms with Crippen LogP contribution in [-0.4, -0.2) is 43.1 Å². The van der Waals surface area contributed by atoms with Crippen molar-refractivity contribution < 1.29 is 18.3 Å². The molecule has 0 bridgehead atoms. The van der Waals surface area contributed by atoms with E-state index in [2.05, 4.69) is 0 Å². The molecule has 1 rings (SSSR count). The third kappa shape index (κ3) is 9.47. The molecule has 1 aromatic carbocycles. The van der Waals surface area contributed by atoms with Gasteiger partial charge in [0.2, 0.25) is 10.0 Å². The maximum absolute atomic E-state index is 11.8. The van der Waals surface area contributed by atoms with Crippen molar-refractivity contribution in [3.63, 3.8) is 0 Å². The molecule has 0 saturated carbocycles. The van der Waals surface area contributed by atoms with Crippen LogP contribution >= 0.6 is 0 Å². The fourth-order valence-corrected chi connectivity index (χ4v) is 3.26. The molecule has 0 heterocycles. The first-order chi connectivity index (χ1) is 11.4. The van der Waals surface area contributed by atoms with Crippen molar-refractivity contribution in [2.75, 3.05) is 19.3 Å². The summed E-state index contributed by atoms with van der Waals surface area (Å²) in [4.78, 5) is 10.4. The molecule has 0 aliphatic rings. The summed E-state index contributed by atoms with van der Waals surface area (Å²) >= 11 is 0. The summed E-state index contributed by atoms with van der Waals surface area (Å²) in [5, 5.41) is 8.57. The zero-order chi connectivity index (χ0) is 17.8. The van der Waals surface area contributed by atoms with Gasteiger partial charge in [-0.25, -0.2) is 12.7 Å². The molecule has 0 amide bonds. The Morgan fingerprint density at radius 2 is 1.75 bits per heavy atom. The lowest BCUT2D eigenvalue weighted by atomic mass is 10.1. The minimum Gasteiger partial charge on any atom is -0.481 e. The Morgan fingerprint density at radius 3 is 2.38 bits per heavy atom. The van der Waals surface area contributed by atoms with E-state index in [9.17, 15) is 13.2 Å². The van der Waals surface area contributed by atoms with E-state index in [0.29, 0.717) is 25.9 Å². The number of benzene rings is 1. The number of nitrogens with zero attached hydrogens (tertiary/aromatic N) is 1. The Balaban J connectivity index is 2.32. The van der Waals surface area contributed by atoms with Crippen LogP contribution in [0.4, 0.5) is 0 Å². The quantitative estimate of drug-likeness (QED) is 0.585. The lowest BCUT2D eigenvalue weighted by molar-refractivity contribution is -0.137. The summed E-state index contributed by atoms with van der Waals surface area (Å²) in [6.07, 6.45) is 9.13. The van der Waals surface area contributed by atoms with E-state index >= 15 is 0 Å². The van der Waals surface area contributed by atoms with E-state index in [0.717, 1.165) is 24.8 Å². The summed E-state index contributed by atoms with van der Waals surface area (Å²) in [5.41, 5.74) is 1.10. The van der Waals surface area contributed by atoms with Gasteiger partial charge >= 0.3 is 5.97 Å². The summed E-state index contributed by atoms with van der Waals surface area (Å²) in [5.74, 6) is -0.780. The number of rotatable bonds is 12. The second kappa shape index (κ2) is 11.0. The first-order valence-electron chi connectivity index (χ1n) is 8.28. The largest absolute Gasteiger partial charge is 0.481 e. The maximum atomic E-state index is 11.8. The van der Waals surface area contributed by atoms with Gasteiger partial charge in [0, 0.05) is 19.5 Å². The monoisotopic (exact) mass is 353 g/mol. The predicted molar refractivity (Wildman–Crippen MR) is 97.2 cm³/mol. The van der Waals surface area contributed by atoms with Gasteiger partial charge in [-0.05, 0) is 24.8 Å². The highest BCUT2D eigenvalue weighted by Crippen LogP contribution is 2.08. The molecule has 0 spiro atoms. The topological polar surface area (TPSA) is 74.7 Å². The second-order valence-corrected chi connectivity index (χ2v) is 7.80. The van der Waals surface area contributed by atoms with Gasteiger partial charge in [0.1, 0.15) is 0 Å². The van der Waals surface area contributed by atoms with Gasteiger partial charge in [0.15, 0.2) is 0 Å². The summed E-state index contributed by atoms with van der Waals surface area (Å²) in [6.45, 7) is 0.961. The number of hydrogen-bond acceptors (Lipinski definition) is 3. The van der Waals surface area contributed by atoms with Crippen molar-refractivity contribution in [1.29, 1.82) is 0 Å². The Labute approximate surface area is 145 Å². The van der Waals surface area contributed by atoms with Gasteiger partial charge in [-0.2, -0.15) is 0 Å². The van der Waals surface area contributed by atoms with Gasteiger partial charge in [0.05, 0.1) is 6.26 Å². The number of carboxylic acid groups (broad SMARTS) is 1. The summed E-state index contributed by atoms with van der Waals surface area (Å²) < 4.78 is 25.2. The summed E-state index contributed by atoms with van der Waals surface area (Å²) in [6, 6.07) is 9.89. The zero-order valence-corrected chi connectivity index (χ0v) is 15.0. The average Bonchev–Trinajstić information content (AvgIpc) is 2.52. The van der Waals surface area contributed by atoms with Crippen molar-refractivity contribution >= 4 is 22.1 Å². The van der Waals surface area contributed by atoms with Crippen LogP contribution in [0.25, 0.3) is 6.08 Å². The van der Waals surface area contributed by atoms with E-state index in [4.69, 9.17) is 5.11 Å². The van der Waals surface area contributed by atoms with E-state index in [1.807, 2.05) is 42.5 Å². The fraction of sp³-hybridized carbons (Fsp3) is 0.500. The molecule has 0 saturated heterocycles. The molecule has 0 fully saturated rings. The van der Waals surface area contributed by atoms with Crippen LogP contribution in [0.15, 0.2) is 36.4 Å². The lowest BCUT2D eigenvalue weighted by Crippen LogP contribution is -2.31. The molecule has 5 nitrogen and oxygen atoms in total. The highest BCUT2D eigenvalue weighted by Gasteiger charge is 2.14. The van der Waals surface area contributed by atoms with Crippen molar-refractivity contribution in [3.8, 4) is 0 Å². The number of aliphatic carboxylic acids is 1. The molecule has 0 atom stereocenters. The molecule has 24 heavy (non-hydrogen) atoms. The Kier molecular flexibility index (Phi) is 9.34. The van der Waals surface area contributed by atoms with Crippen LogP contribution in [-0.2, 0) is 14.8 Å². The normalized spacial score (nSPS) is 12.1. The van der Waals surface area contributed by atoms with E-state index < -0.39 is 16.0 Å². The van der Waals surface area contributed by atoms with Crippen LogP contribution in [0.1, 0.15) is 44.1 Å². The predicted octanol–water partition coefficient (Wildman–Crippen LogP) is 3.39. The molecule has 6 heteroatoms. The second-order valence-electron chi connectivity index (χ2n) is 5.82. The first-order valence-corrected chi connectivity index (χ1v) is 10.1. The molecule has 134 valence electrons. The van der Waals surface area contributed by atoms with Crippen LogP contribution in [0.5, 0.6) is 0 Å². The van der Waals surface area contributed by atoms with Crippen LogP contribution < -0.4 is 0 Å². The van der Waals surface area contributed by atoms with Crippen molar-refractivity contribution in [1.82, 2.24) is 4.31 Å². The lowest BCUT2D eigenvalue weighted by Gasteiger charge is -2.19. The highest BCUT2D eigenvalue weighted by molar-refractivity contribution is 7.88. The van der Waals surface area contributed by atoms with Gasteiger partial charge < -0.3 is 5.11 Å². The number of unbranched alkanes of at least 4 members (excludes halogenated alkanes) is 3. The Hall–Kier alpha value is -1.66. The van der Waals surface area contributed by atoms with Crippen LogP contribution in [0.2, 0.25) is 0 Å². The van der Waals surface area contributed by atoms with Crippen molar-refractivity contribution in [3.05, 3.63) is 42.0 Å². The molecule has 1 N–H and O–H groups in total. The van der Waals surface area contributed by atoms with Gasteiger partial charge in [-0.15, -0.1) is 0 Å². The van der Waals surface area contributed by atoms with Crippen LogP contribution in [0, 0.1) is 0 Å². The highest BCUT2D eigenvalue weighted by atomic mass is 32.2. The van der Waals surface area contributed by atoms with Crippen molar-refractivity contribution in [2.45, 2.75) is 38.5 Å². The minimum atomic E-state index is -3.21. The average molecular weight is 353 g/mol. The fourth-order valence-electron chi connectivity index (χ4n) is 2.36. The third-order valence-corrected chi connectivity index (χ3v) is 4.98. The molecule has 0 aromatic heterocycles. The molecule has 0 aliphatic heterocycles. The van der Waals surface area contributed by atoms with Crippen molar-refractivity contribution in [2.24, 2.45) is 0 Å². The number of carboxylic acids is 1. The molecular formula is C18H27NO4S. The molecule has 0 unspecified atom stereocenters. The third-order valence-electron chi connectivity index (χ3n) is 3.67. The van der Waals surface area contributed by atoms with Gasteiger partial charge in [0.25, 0.3) is 0 Å². The smallest absolute Gasteiger partial charge is 0.303 e. The molecule has 0 radical (unpaired) electrons. The number of hydrogen-bond donors (Lipinski definition) is 1. The van der Waals surface area contributed by atoms with Gasteiger partial charge in [-0.1, -0.05) is 55.3 Å². The van der Waals surface area contributed by atoms with E-state index in [1.54, 1.807) is 0 Å². The van der Waals surface area contributed by atoms with E-state index in [1.165, 1.54) is 10.6 Å². The SMILES string of the molecule is CS(=O)(=O)N(CCC=Cc1ccccc1)CCCCCCC(=O)O. The molecule has 0 aliphatic carbocycles. The Morgan fingerprint density at radius 1 is 1.08 bits per heavy atom. The minimum absolute atomic E-state index is 0.181. The Bertz CT molecular complexity index is 611. The molecule has 1 aromatic rings. The maximum Gasteiger partial charge on any atom is 0.303 e. The van der Waals surface area contributed by atoms with Crippen LogP contribution in [0.3, 0.4) is 0 Å². The first kappa shape index (κ1) is 20.4. The zero-order valence-electron chi connectivity index (χ0n) is 14.2. The number of sulfonamides is 1. The van der Waals surface area contributed by atoms with Gasteiger partial charge in [-0.3, -0.25) is 4.79 Å². The number of carbonyl (C=O) groups is 1. The molecular weight excluding hydrogens is 326 g/mol. The summed E-state index contributed by atoms with van der Waals surface area (Å²) in [7, 11) is -3.21. The standard InChI is InChI=1S/C18H27NO4S/c1-24(22,23)19(15-9-3-2-7-14-18(20)21)16-10-8-13-17-11-5-4-6-12-17/h4-6,8,11-13H,2-3,7,9-10,14-16H2,1H3,(H,20,21). The van der Waals surface area contributed by atoms with E-state index in [-0.39, 0.29) is 6.42 Å².